The lowest BCUT2D eigenvalue weighted by Crippen LogP contribution is -2.30. The molecule has 0 aromatic heterocycles. The third-order valence-corrected chi connectivity index (χ3v) is 2.61. The zero-order valence-electron chi connectivity index (χ0n) is 13.0. The van der Waals surface area contributed by atoms with Crippen molar-refractivity contribution in [2.45, 2.75) is 27.7 Å². The fourth-order valence-electron chi connectivity index (χ4n) is 1.46. The zero-order valence-corrected chi connectivity index (χ0v) is 13.0. The van der Waals surface area contributed by atoms with Crippen molar-refractivity contribution in [3.63, 3.8) is 0 Å². The topological polar surface area (TPSA) is 72.9 Å². The first-order valence-corrected chi connectivity index (χ1v) is 6.68. The van der Waals surface area contributed by atoms with Gasteiger partial charge in [-0.1, -0.05) is 6.08 Å². The van der Waals surface area contributed by atoms with Gasteiger partial charge in [0.2, 0.25) is 0 Å². The van der Waals surface area contributed by atoms with E-state index in [0.717, 1.165) is 12.0 Å². The number of hydrogen-bond donors (Lipinski definition) is 0. The second-order valence-electron chi connectivity index (χ2n) is 4.50. The fourth-order valence-corrected chi connectivity index (χ4v) is 1.46. The number of carbonyl (C=O) groups is 3. The minimum Gasteiger partial charge on any atom is -0.464 e. The number of ether oxygens (including phenoxy) is 2. The predicted octanol–water partition coefficient (Wildman–Crippen LogP) is 1.46. The first kappa shape index (κ1) is 18.9. The maximum atomic E-state index is 10.8. The van der Waals surface area contributed by atoms with Gasteiger partial charge in [0.25, 0.3) is 0 Å². The smallest absolute Gasteiger partial charge is 0.302 e. The molecule has 21 heavy (non-hydrogen) atoms. The van der Waals surface area contributed by atoms with E-state index in [1.807, 2.05) is 11.8 Å². The van der Waals surface area contributed by atoms with Gasteiger partial charge in [-0.2, -0.15) is 0 Å². The summed E-state index contributed by atoms with van der Waals surface area (Å²) in [6.07, 6.45) is 4.27. The van der Waals surface area contributed by atoms with Crippen molar-refractivity contribution in [3.05, 3.63) is 23.4 Å². The largest absolute Gasteiger partial charge is 0.464 e. The summed E-state index contributed by atoms with van der Waals surface area (Å²) >= 11 is 0. The molecule has 0 aromatic carbocycles. The third kappa shape index (κ3) is 10.4. The van der Waals surface area contributed by atoms with Gasteiger partial charge in [-0.3, -0.25) is 14.4 Å². The van der Waals surface area contributed by atoms with Crippen molar-refractivity contribution in [2.24, 2.45) is 0 Å². The molecule has 0 spiro atoms. The Morgan fingerprint density at radius 2 is 1.38 bits per heavy atom. The SMILES string of the molecule is CC(=O)OCCN(CCOC(C)=O)/C(C)=C/C=C(\C)C=O. The molecule has 0 rings (SSSR count). The van der Waals surface area contributed by atoms with E-state index in [1.54, 1.807) is 19.1 Å². The Balaban J connectivity index is 4.63. The number of nitrogens with zero attached hydrogens (tertiary/aromatic N) is 1. The van der Waals surface area contributed by atoms with Gasteiger partial charge in [0, 0.05) is 19.5 Å². The molecule has 0 bridgehead atoms. The van der Waals surface area contributed by atoms with E-state index in [2.05, 4.69) is 0 Å². The van der Waals surface area contributed by atoms with E-state index < -0.39 is 0 Å². The lowest BCUT2D eigenvalue weighted by atomic mass is 10.2. The average Bonchev–Trinajstić information content (AvgIpc) is 2.41. The molecule has 0 atom stereocenters. The van der Waals surface area contributed by atoms with Gasteiger partial charge in [0.05, 0.1) is 13.1 Å². The second-order valence-corrected chi connectivity index (χ2v) is 4.50. The number of rotatable bonds is 9. The van der Waals surface area contributed by atoms with Crippen LogP contribution in [0.4, 0.5) is 0 Å². The van der Waals surface area contributed by atoms with Crippen LogP contribution in [0.5, 0.6) is 0 Å². The molecule has 6 heteroatoms. The van der Waals surface area contributed by atoms with Crippen molar-refractivity contribution in [1.29, 1.82) is 0 Å². The minimum atomic E-state index is -0.340. The van der Waals surface area contributed by atoms with Gasteiger partial charge in [-0.25, -0.2) is 0 Å². The molecule has 0 aliphatic rings. The van der Waals surface area contributed by atoms with Crippen molar-refractivity contribution in [2.75, 3.05) is 26.3 Å². The van der Waals surface area contributed by atoms with Crippen LogP contribution < -0.4 is 0 Å². The number of hydrogen-bond acceptors (Lipinski definition) is 6. The molecule has 0 N–H and O–H groups in total. The van der Waals surface area contributed by atoms with Gasteiger partial charge >= 0.3 is 11.9 Å². The lowest BCUT2D eigenvalue weighted by molar-refractivity contribution is -0.141. The average molecular weight is 297 g/mol. The molecular formula is C15H23NO5. The molecule has 0 amide bonds. The standard InChI is InChI=1S/C15H23NO5/c1-12(11-17)5-6-13(2)16(7-9-20-14(3)18)8-10-21-15(4)19/h5-6,11H,7-10H2,1-4H3/b12-5+,13-6+. The summed E-state index contributed by atoms with van der Waals surface area (Å²) in [6.45, 7) is 7.74. The number of esters is 2. The van der Waals surface area contributed by atoms with Crippen molar-refractivity contribution >= 4 is 18.2 Å². The summed E-state index contributed by atoms with van der Waals surface area (Å²) in [4.78, 5) is 34.0. The summed E-state index contributed by atoms with van der Waals surface area (Å²) in [5.41, 5.74) is 1.49. The maximum Gasteiger partial charge on any atom is 0.302 e. The van der Waals surface area contributed by atoms with Crippen molar-refractivity contribution in [1.82, 2.24) is 4.90 Å². The zero-order chi connectivity index (χ0) is 16.3. The number of aldehydes is 1. The summed E-state index contributed by atoms with van der Waals surface area (Å²) in [6, 6.07) is 0. The third-order valence-electron chi connectivity index (χ3n) is 2.61. The molecule has 118 valence electrons. The summed E-state index contributed by atoms with van der Waals surface area (Å²) in [7, 11) is 0. The predicted molar refractivity (Wildman–Crippen MR) is 78.4 cm³/mol. The van der Waals surface area contributed by atoms with Crippen LogP contribution in [0.15, 0.2) is 23.4 Å². The molecular weight excluding hydrogens is 274 g/mol. The summed E-state index contributed by atoms with van der Waals surface area (Å²) < 4.78 is 9.82. The highest BCUT2D eigenvalue weighted by atomic mass is 16.5. The molecule has 0 aliphatic carbocycles. The van der Waals surface area contributed by atoms with Crippen LogP contribution in [0.3, 0.4) is 0 Å². The normalized spacial score (nSPS) is 11.8. The number of carbonyl (C=O) groups excluding carboxylic acids is 3. The fraction of sp³-hybridized carbons (Fsp3) is 0.533. The van der Waals surface area contributed by atoms with E-state index in [4.69, 9.17) is 9.47 Å². The Bertz CT molecular complexity index is 406. The Kier molecular flexibility index (Phi) is 9.58. The second kappa shape index (κ2) is 10.7. The molecule has 6 nitrogen and oxygen atoms in total. The first-order chi connectivity index (χ1) is 9.86. The van der Waals surface area contributed by atoms with Crippen LogP contribution in [0.2, 0.25) is 0 Å². The van der Waals surface area contributed by atoms with Crippen LogP contribution in [-0.2, 0) is 23.9 Å². The van der Waals surface area contributed by atoms with Crippen LogP contribution in [0.1, 0.15) is 27.7 Å². The van der Waals surface area contributed by atoms with Gasteiger partial charge in [0.1, 0.15) is 19.5 Å². The van der Waals surface area contributed by atoms with Gasteiger partial charge < -0.3 is 14.4 Å². The van der Waals surface area contributed by atoms with Gasteiger partial charge in [-0.15, -0.1) is 0 Å². The highest BCUT2D eigenvalue weighted by Gasteiger charge is 2.07. The van der Waals surface area contributed by atoms with E-state index in [0.29, 0.717) is 18.7 Å². The quantitative estimate of drug-likeness (QED) is 0.278. The van der Waals surface area contributed by atoms with Crippen LogP contribution >= 0.6 is 0 Å². The highest BCUT2D eigenvalue weighted by Crippen LogP contribution is 2.05. The molecule has 0 radical (unpaired) electrons. The van der Waals surface area contributed by atoms with Crippen LogP contribution in [-0.4, -0.2) is 49.4 Å². The molecule has 0 aliphatic heterocycles. The molecule has 0 fully saturated rings. The molecule has 0 heterocycles. The molecule has 0 saturated carbocycles. The molecule has 0 unspecified atom stereocenters. The lowest BCUT2D eigenvalue weighted by Gasteiger charge is -2.24. The number of allylic oxidation sites excluding steroid dienone is 4. The highest BCUT2D eigenvalue weighted by molar-refractivity contribution is 5.72. The van der Waals surface area contributed by atoms with E-state index in [1.165, 1.54) is 13.8 Å². The molecule has 0 saturated heterocycles. The van der Waals surface area contributed by atoms with Gasteiger partial charge in [-0.05, 0) is 25.5 Å². The minimum absolute atomic E-state index is 0.247. The van der Waals surface area contributed by atoms with E-state index in [9.17, 15) is 14.4 Å². The molecule has 0 aromatic rings. The summed E-state index contributed by atoms with van der Waals surface area (Å²) in [5, 5.41) is 0. The van der Waals surface area contributed by atoms with Crippen molar-refractivity contribution in [3.8, 4) is 0 Å². The monoisotopic (exact) mass is 297 g/mol. The Labute approximate surface area is 125 Å². The Morgan fingerprint density at radius 3 is 1.76 bits per heavy atom. The van der Waals surface area contributed by atoms with Crippen LogP contribution in [0, 0.1) is 0 Å². The summed E-state index contributed by atoms with van der Waals surface area (Å²) in [5.74, 6) is -0.679. The maximum absolute atomic E-state index is 10.8. The first-order valence-electron chi connectivity index (χ1n) is 6.68. The Morgan fingerprint density at radius 1 is 0.905 bits per heavy atom. The van der Waals surface area contributed by atoms with Crippen LogP contribution in [0.25, 0.3) is 0 Å². The van der Waals surface area contributed by atoms with E-state index in [-0.39, 0.29) is 25.2 Å². The van der Waals surface area contributed by atoms with Crippen molar-refractivity contribution < 1.29 is 23.9 Å². The van der Waals surface area contributed by atoms with Gasteiger partial charge in [0.15, 0.2) is 0 Å². The Hall–Kier alpha value is -2.11. The van der Waals surface area contributed by atoms with E-state index >= 15 is 0 Å².